The lowest BCUT2D eigenvalue weighted by Gasteiger charge is -2.39. The van der Waals surface area contributed by atoms with Gasteiger partial charge in [0.1, 0.15) is 0 Å². The van der Waals surface area contributed by atoms with Crippen LogP contribution in [0.15, 0.2) is 6.20 Å². The summed E-state index contributed by atoms with van der Waals surface area (Å²) in [4.78, 5) is 10.9. The molecule has 0 amide bonds. The molecule has 0 aromatic carbocycles. The van der Waals surface area contributed by atoms with Gasteiger partial charge in [0.2, 0.25) is 0 Å². The molecule has 2 heterocycles. The second-order valence-corrected chi connectivity index (χ2v) is 6.85. The standard InChI is InChI=1S/C14H24N4S/c1-3-12-10-18(7-6-17(12)2)14-16-9-13(19-14)8-15-11-4-5-11/h9,11-12,15H,3-8,10H2,1-2H3. The average Bonchev–Trinajstić information content (AvgIpc) is 3.14. The van der Waals surface area contributed by atoms with Gasteiger partial charge in [-0.25, -0.2) is 4.98 Å². The van der Waals surface area contributed by atoms with Crippen LogP contribution in [0.3, 0.4) is 0 Å². The van der Waals surface area contributed by atoms with Gasteiger partial charge in [-0.05, 0) is 26.3 Å². The van der Waals surface area contributed by atoms with Gasteiger partial charge in [0, 0.05) is 49.3 Å². The summed E-state index contributed by atoms with van der Waals surface area (Å²) in [5.74, 6) is 0. The summed E-state index contributed by atoms with van der Waals surface area (Å²) < 4.78 is 0. The molecule has 2 fully saturated rings. The largest absolute Gasteiger partial charge is 0.345 e. The van der Waals surface area contributed by atoms with Crippen molar-refractivity contribution in [2.45, 2.75) is 44.8 Å². The monoisotopic (exact) mass is 280 g/mol. The Balaban J connectivity index is 1.58. The number of nitrogens with zero attached hydrogens (tertiary/aromatic N) is 3. The zero-order valence-corrected chi connectivity index (χ0v) is 12.7. The predicted octanol–water partition coefficient (Wildman–Crippen LogP) is 1.93. The highest BCUT2D eigenvalue weighted by molar-refractivity contribution is 7.15. The fraction of sp³-hybridized carbons (Fsp3) is 0.786. The lowest BCUT2D eigenvalue weighted by molar-refractivity contribution is 0.213. The molecule has 1 aromatic rings. The highest BCUT2D eigenvalue weighted by Crippen LogP contribution is 2.26. The van der Waals surface area contributed by atoms with Crippen LogP contribution in [0, 0.1) is 0 Å². The fourth-order valence-electron chi connectivity index (χ4n) is 2.62. The third kappa shape index (κ3) is 3.27. The van der Waals surface area contributed by atoms with Crippen LogP contribution in [0.5, 0.6) is 0 Å². The van der Waals surface area contributed by atoms with E-state index in [1.807, 2.05) is 11.3 Å². The van der Waals surface area contributed by atoms with Crippen LogP contribution in [0.25, 0.3) is 0 Å². The quantitative estimate of drug-likeness (QED) is 0.893. The normalized spacial score (nSPS) is 24.9. The topological polar surface area (TPSA) is 31.4 Å². The third-order valence-corrected chi connectivity index (χ3v) is 5.26. The van der Waals surface area contributed by atoms with Crippen LogP contribution in [0.2, 0.25) is 0 Å². The van der Waals surface area contributed by atoms with Gasteiger partial charge in [-0.3, -0.25) is 4.90 Å². The van der Waals surface area contributed by atoms with E-state index in [1.54, 1.807) is 0 Å². The van der Waals surface area contributed by atoms with E-state index in [9.17, 15) is 0 Å². The highest BCUT2D eigenvalue weighted by atomic mass is 32.1. The molecular formula is C14H24N4S. The van der Waals surface area contributed by atoms with E-state index in [1.165, 1.54) is 29.3 Å². The number of rotatable bonds is 5. The van der Waals surface area contributed by atoms with Gasteiger partial charge >= 0.3 is 0 Å². The van der Waals surface area contributed by atoms with Crippen molar-refractivity contribution in [3.8, 4) is 0 Å². The Kier molecular flexibility index (Phi) is 4.05. The van der Waals surface area contributed by atoms with E-state index < -0.39 is 0 Å². The van der Waals surface area contributed by atoms with Crippen molar-refractivity contribution >= 4 is 16.5 Å². The first-order valence-electron chi connectivity index (χ1n) is 7.39. The molecule has 106 valence electrons. The minimum atomic E-state index is 0.672. The number of anilines is 1. The number of hydrogen-bond donors (Lipinski definition) is 1. The highest BCUT2D eigenvalue weighted by Gasteiger charge is 2.25. The van der Waals surface area contributed by atoms with Gasteiger partial charge in [-0.1, -0.05) is 6.92 Å². The number of likely N-dealkylation sites (N-methyl/N-ethyl adjacent to an activating group) is 1. The zero-order chi connectivity index (χ0) is 13.2. The molecule has 1 saturated heterocycles. The van der Waals surface area contributed by atoms with Gasteiger partial charge in [0.25, 0.3) is 0 Å². The van der Waals surface area contributed by atoms with Gasteiger partial charge in [0.15, 0.2) is 5.13 Å². The minimum absolute atomic E-state index is 0.672. The fourth-order valence-corrected chi connectivity index (χ4v) is 3.51. The minimum Gasteiger partial charge on any atom is -0.345 e. The van der Waals surface area contributed by atoms with Crippen molar-refractivity contribution in [3.05, 3.63) is 11.1 Å². The molecular weight excluding hydrogens is 256 g/mol. The molecule has 1 atom stereocenters. The van der Waals surface area contributed by atoms with E-state index in [4.69, 9.17) is 0 Å². The number of thiazole rings is 1. The summed E-state index contributed by atoms with van der Waals surface area (Å²) in [5.41, 5.74) is 0. The Morgan fingerprint density at radius 1 is 1.42 bits per heavy atom. The molecule has 0 bridgehead atoms. The molecule has 4 nitrogen and oxygen atoms in total. The summed E-state index contributed by atoms with van der Waals surface area (Å²) in [7, 11) is 2.23. The molecule has 1 aromatic heterocycles. The predicted molar refractivity (Wildman–Crippen MR) is 80.9 cm³/mol. The van der Waals surface area contributed by atoms with Gasteiger partial charge < -0.3 is 10.2 Å². The van der Waals surface area contributed by atoms with E-state index in [0.29, 0.717) is 6.04 Å². The van der Waals surface area contributed by atoms with Crippen molar-refractivity contribution in [1.29, 1.82) is 0 Å². The summed E-state index contributed by atoms with van der Waals surface area (Å²) >= 11 is 1.86. The van der Waals surface area contributed by atoms with Crippen LogP contribution < -0.4 is 10.2 Å². The van der Waals surface area contributed by atoms with Gasteiger partial charge in [0.05, 0.1) is 0 Å². The van der Waals surface area contributed by atoms with E-state index in [-0.39, 0.29) is 0 Å². The maximum Gasteiger partial charge on any atom is 0.185 e. The van der Waals surface area contributed by atoms with Crippen molar-refractivity contribution in [2.75, 3.05) is 31.6 Å². The Bertz CT molecular complexity index is 415. The maximum absolute atomic E-state index is 4.62. The van der Waals surface area contributed by atoms with Crippen molar-refractivity contribution in [3.63, 3.8) is 0 Å². The van der Waals surface area contributed by atoms with Crippen LogP contribution in [0.4, 0.5) is 5.13 Å². The molecule has 5 heteroatoms. The summed E-state index contributed by atoms with van der Waals surface area (Å²) in [6.45, 7) is 6.64. The SMILES string of the molecule is CCC1CN(c2ncc(CNC3CC3)s2)CCN1C. The molecule has 2 aliphatic rings. The number of aromatic nitrogens is 1. The van der Waals surface area contributed by atoms with Crippen LogP contribution in [-0.2, 0) is 6.54 Å². The van der Waals surface area contributed by atoms with Crippen molar-refractivity contribution in [2.24, 2.45) is 0 Å². The Morgan fingerprint density at radius 2 is 2.26 bits per heavy atom. The molecule has 3 rings (SSSR count). The number of hydrogen-bond acceptors (Lipinski definition) is 5. The van der Waals surface area contributed by atoms with E-state index in [2.05, 4.69) is 40.3 Å². The second-order valence-electron chi connectivity index (χ2n) is 5.75. The van der Waals surface area contributed by atoms with Crippen LogP contribution >= 0.6 is 11.3 Å². The van der Waals surface area contributed by atoms with E-state index in [0.717, 1.165) is 32.2 Å². The molecule has 19 heavy (non-hydrogen) atoms. The first kappa shape index (κ1) is 13.3. The van der Waals surface area contributed by atoms with Crippen LogP contribution in [0.1, 0.15) is 31.1 Å². The van der Waals surface area contributed by atoms with Gasteiger partial charge in [-0.2, -0.15) is 0 Å². The summed E-state index contributed by atoms with van der Waals surface area (Å²) in [6.07, 6.45) is 5.97. The number of nitrogens with one attached hydrogen (secondary N) is 1. The summed E-state index contributed by atoms with van der Waals surface area (Å²) in [6, 6.07) is 1.45. The Labute approximate surface area is 119 Å². The van der Waals surface area contributed by atoms with Crippen molar-refractivity contribution in [1.82, 2.24) is 15.2 Å². The first-order chi connectivity index (χ1) is 9.26. The smallest absolute Gasteiger partial charge is 0.185 e. The molecule has 1 aliphatic carbocycles. The van der Waals surface area contributed by atoms with Gasteiger partial charge in [-0.15, -0.1) is 11.3 Å². The molecule has 1 unspecified atom stereocenters. The van der Waals surface area contributed by atoms with Crippen LogP contribution in [-0.4, -0.2) is 48.6 Å². The average molecular weight is 280 g/mol. The Hall–Kier alpha value is -0.650. The first-order valence-corrected chi connectivity index (χ1v) is 8.21. The number of piperazine rings is 1. The summed E-state index contributed by atoms with van der Waals surface area (Å²) in [5, 5.41) is 4.77. The van der Waals surface area contributed by atoms with E-state index >= 15 is 0 Å². The van der Waals surface area contributed by atoms with Crippen molar-refractivity contribution < 1.29 is 0 Å². The zero-order valence-electron chi connectivity index (χ0n) is 11.9. The molecule has 0 spiro atoms. The third-order valence-electron chi connectivity index (χ3n) is 4.20. The lowest BCUT2D eigenvalue weighted by atomic mass is 10.1. The maximum atomic E-state index is 4.62. The Morgan fingerprint density at radius 3 is 3.00 bits per heavy atom. The molecule has 0 radical (unpaired) electrons. The molecule has 1 N–H and O–H groups in total. The lowest BCUT2D eigenvalue weighted by Crippen LogP contribution is -2.51. The molecule has 1 saturated carbocycles. The molecule has 1 aliphatic heterocycles. The second kappa shape index (κ2) is 5.77.